The van der Waals surface area contributed by atoms with Gasteiger partial charge in [0.1, 0.15) is 12.4 Å². The van der Waals surface area contributed by atoms with Crippen molar-refractivity contribution in [2.45, 2.75) is 76.9 Å². The first-order chi connectivity index (χ1) is 18.8. The monoisotopic (exact) mass is 622 g/mol. The van der Waals surface area contributed by atoms with E-state index >= 15 is 0 Å². The van der Waals surface area contributed by atoms with Crippen LogP contribution in [0.5, 0.6) is 5.88 Å². The number of carboxylic acid groups (broad SMARTS) is 1. The minimum absolute atomic E-state index is 0.0119. The van der Waals surface area contributed by atoms with E-state index in [-0.39, 0.29) is 30.7 Å². The van der Waals surface area contributed by atoms with Gasteiger partial charge < -0.3 is 15.2 Å². The normalized spacial score (nSPS) is 14.4. The summed E-state index contributed by atoms with van der Waals surface area (Å²) in [5.41, 5.74) is 3.89. The van der Waals surface area contributed by atoms with Crippen LogP contribution >= 0.6 is 15.9 Å². The van der Waals surface area contributed by atoms with Crippen LogP contribution in [0.2, 0.25) is 0 Å². The van der Waals surface area contributed by atoms with Gasteiger partial charge in [-0.05, 0) is 65.5 Å². The van der Waals surface area contributed by atoms with Crippen molar-refractivity contribution in [3.05, 3.63) is 68.9 Å². The molecule has 1 aliphatic heterocycles. The molecule has 216 valence electrons. The first-order valence-corrected chi connectivity index (χ1v) is 14.1. The highest BCUT2D eigenvalue weighted by atomic mass is 79.9. The van der Waals surface area contributed by atoms with Crippen molar-refractivity contribution >= 4 is 27.7 Å². The number of hydrogen-bond donors (Lipinski definition) is 2. The summed E-state index contributed by atoms with van der Waals surface area (Å²) in [7, 11) is 0. The summed E-state index contributed by atoms with van der Waals surface area (Å²) in [6, 6.07) is 11.2. The largest absolute Gasteiger partial charge is 0.481 e. The van der Waals surface area contributed by atoms with Crippen molar-refractivity contribution in [2.75, 3.05) is 18.5 Å². The van der Waals surface area contributed by atoms with Crippen LogP contribution in [0.15, 0.2) is 40.9 Å². The third-order valence-electron chi connectivity index (χ3n) is 6.82. The Balaban J connectivity index is 1.55. The maximum absolute atomic E-state index is 13.4. The average Bonchev–Trinajstić information content (AvgIpc) is 3.21. The highest BCUT2D eigenvalue weighted by Crippen LogP contribution is 2.33. The SMILES string of the molecule is CC(C)(C)c1cc(Br)cc(C(CC(=O)O)Cc2cc(OCCc3ccc4c(n3)NCCC4)n(CC(F)(F)F)n2)c1. The number of alkyl halides is 3. The van der Waals surface area contributed by atoms with Gasteiger partial charge in [0, 0.05) is 29.2 Å². The van der Waals surface area contributed by atoms with E-state index in [0.717, 1.165) is 56.7 Å². The van der Waals surface area contributed by atoms with Crippen LogP contribution in [0, 0.1) is 0 Å². The number of aliphatic carboxylic acids is 1. The molecule has 11 heteroatoms. The van der Waals surface area contributed by atoms with Gasteiger partial charge >= 0.3 is 12.1 Å². The fraction of sp³-hybridized carbons (Fsp3) is 0.483. The molecule has 1 unspecified atom stereocenters. The van der Waals surface area contributed by atoms with Gasteiger partial charge in [-0.3, -0.25) is 4.79 Å². The van der Waals surface area contributed by atoms with E-state index in [9.17, 15) is 23.1 Å². The summed E-state index contributed by atoms with van der Waals surface area (Å²) < 4.78 is 47.5. The Bertz CT molecular complexity index is 1350. The number of carboxylic acids is 1. The maximum Gasteiger partial charge on any atom is 0.408 e. The van der Waals surface area contributed by atoms with Crippen molar-refractivity contribution in [1.82, 2.24) is 14.8 Å². The first kappa shape index (κ1) is 29.9. The van der Waals surface area contributed by atoms with E-state index in [1.165, 1.54) is 6.07 Å². The zero-order valence-corrected chi connectivity index (χ0v) is 24.4. The average molecular weight is 624 g/mol. The van der Waals surface area contributed by atoms with E-state index in [4.69, 9.17) is 4.74 Å². The fourth-order valence-corrected chi connectivity index (χ4v) is 5.28. The summed E-state index contributed by atoms with van der Waals surface area (Å²) in [5, 5.41) is 17.1. The Kier molecular flexibility index (Phi) is 9.12. The third-order valence-corrected chi connectivity index (χ3v) is 7.27. The number of benzene rings is 1. The summed E-state index contributed by atoms with van der Waals surface area (Å²) in [4.78, 5) is 16.4. The molecule has 2 aromatic heterocycles. The molecule has 3 aromatic rings. The Hall–Kier alpha value is -3.08. The minimum atomic E-state index is -4.50. The molecule has 0 saturated carbocycles. The molecular formula is C29H34BrF3N4O3. The lowest BCUT2D eigenvalue weighted by Gasteiger charge is -2.23. The second-order valence-corrected chi connectivity index (χ2v) is 12.1. The van der Waals surface area contributed by atoms with E-state index < -0.39 is 24.6 Å². The number of nitrogens with one attached hydrogen (secondary N) is 1. The summed E-state index contributed by atoms with van der Waals surface area (Å²) in [6.07, 6.45) is -2.12. The molecule has 0 spiro atoms. The lowest BCUT2D eigenvalue weighted by Crippen LogP contribution is -2.20. The number of anilines is 1. The van der Waals surface area contributed by atoms with Crippen LogP contribution in [0.1, 0.15) is 67.6 Å². The number of carbonyl (C=O) groups is 1. The van der Waals surface area contributed by atoms with Gasteiger partial charge in [0.05, 0.1) is 18.7 Å². The quantitative estimate of drug-likeness (QED) is 0.262. The number of aryl methyl sites for hydroxylation is 1. The predicted molar refractivity (Wildman–Crippen MR) is 150 cm³/mol. The summed E-state index contributed by atoms with van der Waals surface area (Å²) in [6.45, 7) is 5.85. The number of rotatable bonds is 10. The molecular weight excluding hydrogens is 589 g/mol. The van der Waals surface area contributed by atoms with Crippen molar-refractivity contribution in [3.8, 4) is 5.88 Å². The van der Waals surface area contributed by atoms with Crippen LogP contribution in [0.4, 0.5) is 19.0 Å². The van der Waals surface area contributed by atoms with E-state index in [1.54, 1.807) is 0 Å². The second kappa shape index (κ2) is 12.2. The van der Waals surface area contributed by atoms with Gasteiger partial charge in [0.2, 0.25) is 5.88 Å². The number of ether oxygens (including phenoxy) is 1. The zero-order chi connectivity index (χ0) is 29.1. The van der Waals surface area contributed by atoms with E-state index in [2.05, 4.69) is 52.1 Å². The number of hydrogen-bond acceptors (Lipinski definition) is 5. The summed E-state index contributed by atoms with van der Waals surface area (Å²) in [5.74, 6) is -0.659. The lowest BCUT2D eigenvalue weighted by atomic mass is 9.83. The van der Waals surface area contributed by atoms with Crippen molar-refractivity contribution in [2.24, 2.45) is 0 Å². The first-order valence-electron chi connectivity index (χ1n) is 13.3. The summed E-state index contributed by atoms with van der Waals surface area (Å²) >= 11 is 3.52. The number of aromatic nitrogens is 3. The van der Waals surface area contributed by atoms with Gasteiger partial charge in [0.15, 0.2) is 0 Å². The molecule has 40 heavy (non-hydrogen) atoms. The molecule has 7 nitrogen and oxygen atoms in total. The van der Waals surface area contributed by atoms with Gasteiger partial charge in [-0.15, -0.1) is 0 Å². The van der Waals surface area contributed by atoms with Crippen molar-refractivity contribution in [1.29, 1.82) is 0 Å². The number of halogens is 4. The minimum Gasteiger partial charge on any atom is -0.481 e. The van der Waals surface area contributed by atoms with Gasteiger partial charge in [-0.1, -0.05) is 48.8 Å². The second-order valence-electron chi connectivity index (χ2n) is 11.2. The smallest absolute Gasteiger partial charge is 0.408 e. The molecule has 0 fully saturated rings. The van der Waals surface area contributed by atoms with Crippen LogP contribution < -0.4 is 10.1 Å². The molecule has 0 aliphatic carbocycles. The van der Waals surface area contributed by atoms with Gasteiger partial charge in [0.25, 0.3) is 0 Å². The molecule has 1 aliphatic rings. The van der Waals surface area contributed by atoms with E-state index in [1.807, 2.05) is 30.3 Å². The number of nitrogens with zero attached hydrogens (tertiary/aromatic N) is 3. The number of pyridine rings is 1. The zero-order valence-electron chi connectivity index (χ0n) is 22.8. The van der Waals surface area contributed by atoms with Crippen LogP contribution in [-0.4, -0.2) is 45.2 Å². The highest BCUT2D eigenvalue weighted by Gasteiger charge is 2.31. The standard InChI is InChI=1S/C29H34BrF3N4O3/c1-28(2,3)21-11-19(12-22(30)15-21)20(14-26(38)39)13-24-16-25(37(36-24)17-29(31,32)33)40-10-8-23-7-6-18-5-4-9-34-27(18)35-23/h6-7,11-12,15-16,20H,4-5,8-10,13-14,17H2,1-3H3,(H,34,35)(H,38,39). The molecule has 2 N–H and O–H groups in total. The fourth-order valence-electron chi connectivity index (χ4n) is 4.77. The van der Waals surface area contributed by atoms with Crippen LogP contribution in [0.25, 0.3) is 0 Å². The molecule has 0 bridgehead atoms. The molecule has 1 aromatic carbocycles. The van der Waals surface area contributed by atoms with Gasteiger partial charge in [-0.2, -0.15) is 18.3 Å². The molecule has 1 atom stereocenters. The van der Waals surface area contributed by atoms with Crippen LogP contribution in [0.3, 0.4) is 0 Å². The van der Waals surface area contributed by atoms with Crippen molar-refractivity contribution in [3.63, 3.8) is 0 Å². The Morgan fingerprint density at radius 3 is 2.65 bits per heavy atom. The Morgan fingerprint density at radius 2 is 1.95 bits per heavy atom. The molecule has 0 saturated heterocycles. The topological polar surface area (TPSA) is 89.3 Å². The highest BCUT2D eigenvalue weighted by molar-refractivity contribution is 9.10. The van der Waals surface area contributed by atoms with Gasteiger partial charge in [-0.25, -0.2) is 9.67 Å². The predicted octanol–water partition coefficient (Wildman–Crippen LogP) is 6.68. The molecule has 3 heterocycles. The van der Waals surface area contributed by atoms with Crippen LogP contribution in [-0.2, 0) is 36.0 Å². The third kappa shape index (κ3) is 8.22. The van der Waals surface area contributed by atoms with E-state index in [0.29, 0.717) is 12.1 Å². The van der Waals surface area contributed by atoms with Crippen molar-refractivity contribution < 1.29 is 27.8 Å². The molecule has 0 amide bonds. The Labute approximate surface area is 240 Å². The number of fused-ring (bicyclic) bond motifs is 1. The molecule has 4 rings (SSSR count). The molecule has 0 radical (unpaired) electrons. The Morgan fingerprint density at radius 1 is 1.18 bits per heavy atom. The lowest BCUT2D eigenvalue weighted by molar-refractivity contribution is -0.143. The maximum atomic E-state index is 13.4.